The molecule has 1 aromatic carbocycles. The van der Waals surface area contributed by atoms with Crippen LogP contribution >= 0.6 is 11.6 Å². The van der Waals surface area contributed by atoms with Gasteiger partial charge in [-0.25, -0.2) is 0 Å². The molecule has 0 amide bonds. The van der Waals surface area contributed by atoms with Crippen molar-refractivity contribution >= 4 is 22.5 Å². The maximum atomic E-state index is 9.67. The summed E-state index contributed by atoms with van der Waals surface area (Å²) in [5.74, 6) is 0.607. The summed E-state index contributed by atoms with van der Waals surface area (Å²) in [6.45, 7) is 2.87. The van der Waals surface area contributed by atoms with Gasteiger partial charge in [-0.3, -0.25) is 4.98 Å². The molecule has 0 aliphatic rings. The van der Waals surface area contributed by atoms with Gasteiger partial charge in [0.25, 0.3) is 0 Å². The molecule has 1 heterocycles. The Morgan fingerprint density at radius 1 is 1.32 bits per heavy atom. The second-order valence-electron chi connectivity index (χ2n) is 4.07. The molecule has 0 saturated carbocycles. The van der Waals surface area contributed by atoms with E-state index in [1.54, 1.807) is 18.3 Å². The van der Waals surface area contributed by atoms with E-state index in [0.717, 1.165) is 5.39 Å². The molecule has 2 rings (SSSR count). The van der Waals surface area contributed by atoms with Crippen molar-refractivity contribution in [2.45, 2.75) is 13.0 Å². The number of halogens is 1. The first kappa shape index (κ1) is 14.1. The number of aliphatic hydroxyl groups is 1. The molecule has 0 fully saturated rings. The summed E-state index contributed by atoms with van der Waals surface area (Å²) in [5.41, 5.74) is 0.693. The van der Waals surface area contributed by atoms with Gasteiger partial charge in [-0.05, 0) is 31.2 Å². The van der Waals surface area contributed by atoms with Gasteiger partial charge in [0, 0.05) is 18.2 Å². The highest BCUT2D eigenvalue weighted by Gasteiger charge is 2.09. The summed E-state index contributed by atoms with van der Waals surface area (Å²) in [4.78, 5) is 4.26. The van der Waals surface area contributed by atoms with E-state index >= 15 is 0 Å². The van der Waals surface area contributed by atoms with E-state index < -0.39 is 6.10 Å². The smallest absolute Gasteiger partial charge is 0.145 e. The molecule has 1 aromatic heterocycles. The highest BCUT2D eigenvalue weighted by atomic mass is 35.5. The largest absolute Gasteiger partial charge is 0.489 e. The maximum Gasteiger partial charge on any atom is 0.145 e. The van der Waals surface area contributed by atoms with Crippen molar-refractivity contribution in [2.75, 3.05) is 19.8 Å². The van der Waals surface area contributed by atoms with Crippen molar-refractivity contribution in [1.82, 2.24) is 4.98 Å². The zero-order chi connectivity index (χ0) is 13.7. The van der Waals surface area contributed by atoms with Gasteiger partial charge in [0.15, 0.2) is 0 Å². The Balaban J connectivity index is 2.11. The van der Waals surface area contributed by atoms with E-state index in [2.05, 4.69) is 4.98 Å². The van der Waals surface area contributed by atoms with Crippen LogP contribution in [0, 0.1) is 0 Å². The van der Waals surface area contributed by atoms with Crippen molar-refractivity contribution in [2.24, 2.45) is 0 Å². The fourth-order valence-corrected chi connectivity index (χ4v) is 1.93. The highest BCUT2D eigenvalue weighted by molar-refractivity contribution is 6.35. The van der Waals surface area contributed by atoms with E-state index in [1.807, 2.05) is 19.1 Å². The molecule has 0 bridgehead atoms. The minimum absolute atomic E-state index is 0.160. The Kier molecular flexibility index (Phi) is 4.96. The summed E-state index contributed by atoms with van der Waals surface area (Å²) in [6.07, 6.45) is 1.02. The molecule has 0 aliphatic heterocycles. The second-order valence-corrected chi connectivity index (χ2v) is 4.48. The minimum atomic E-state index is -0.658. The molecule has 0 radical (unpaired) electrons. The third kappa shape index (κ3) is 3.56. The summed E-state index contributed by atoms with van der Waals surface area (Å²) in [6, 6.07) is 7.22. The summed E-state index contributed by atoms with van der Waals surface area (Å²) in [7, 11) is 0. The summed E-state index contributed by atoms with van der Waals surface area (Å²) < 4.78 is 10.7. The molecule has 4 nitrogen and oxygen atoms in total. The van der Waals surface area contributed by atoms with Crippen LogP contribution in [0.1, 0.15) is 6.92 Å². The van der Waals surface area contributed by atoms with Crippen LogP contribution in [0.3, 0.4) is 0 Å². The Hall–Kier alpha value is -1.36. The molecule has 19 heavy (non-hydrogen) atoms. The standard InChI is InChI=1S/C14H16ClNO3/c1-2-18-8-10(17)9-19-13-6-5-12(15)11-4-3-7-16-14(11)13/h3-7,10,17H,2,8-9H2,1H3/t10-/m0/s1. The number of aliphatic hydroxyl groups excluding tert-OH is 1. The van der Waals surface area contributed by atoms with Crippen LogP contribution in [0.2, 0.25) is 5.02 Å². The van der Waals surface area contributed by atoms with Crippen molar-refractivity contribution in [3.8, 4) is 5.75 Å². The van der Waals surface area contributed by atoms with E-state index in [0.29, 0.717) is 22.9 Å². The van der Waals surface area contributed by atoms with Crippen molar-refractivity contribution in [3.63, 3.8) is 0 Å². The van der Waals surface area contributed by atoms with Crippen LogP contribution in [-0.4, -0.2) is 36.0 Å². The summed E-state index contributed by atoms with van der Waals surface area (Å²) >= 11 is 6.10. The fraction of sp³-hybridized carbons (Fsp3) is 0.357. The molecule has 5 heteroatoms. The lowest BCUT2D eigenvalue weighted by molar-refractivity contribution is 0.0167. The molecule has 1 atom stereocenters. The Bertz CT molecular complexity index is 547. The Morgan fingerprint density at radius 2 is 2.16 bits per heavy atom. The minimum Gasteiger partial charge on any atom is -0.489 e. The average molecular weight is 282 g/mol. The van der Waals surface area contributed by atoms with Crippen LogP contribution in [0.25, 0.3) is 10.9 Å². The summed E-state index contributed by atoms with van der Waals surface area (Å²) in [5, 5.41) is 11.1. The third-order valence-electron chi connectivity index (χ3n) is 2.63. The number of rotatable bonds is 6. The predicted octanol–water partition coefficient (Wildman–Crippen LogP) is 2.66. The van der Waals surface area contributed by atoms with Gasteiger partial charge in [0.05, 0.1) is 11.6 Å². The fourth-order valence-electron chi connectivity index (χ4n) is 1.72. The first-order valence-electron chi connectivity index (χ1n) is 6.14. The molecule has 0 saturated heterocycles. The molecule has 102 valence electrons. The van der Waals surface area contributed by atoms with Crippen LogP contribution in [0.5, 0.6) is 5.75 Å². The SMILES string of the molecule is CCOC[C@H](O)COc1ccc(Cl)c2cccnc12. The Morgan fingerprint density at radius 3 is 2.95 bits per heavy atom. The van der Waals surface area contributed by atoms with E-state index in [4.69, 9.17) is 21.1 Å². The number of benzene rings is 1. The normalized spacial score (nSPS) is 12.6. The number of hydrogen-bond donors (Lipinski definition) is 1. The number of nitrogens with zero attached hydrogens (tertiary/aromatic N) is 1. The monoisotopic (exact) mass is 281 g/mol. The third-order valence-corrected chi connectivity index (χ3v) is 2.95. The highest BCUT2D eigenvalue weighted by Crippen LogP contribution is 2.29. The lowest BCUT2D eigenvalue weighted by atomic mass is 10.2. The van der Waals surface area contributed by atoms with Crippen LogP contribution in [0.4, 0.5) is 0 Å². The first-order chi connectivity index (χ1) is 9.22. The number of aromatic nitrogens is 1. The van der Waals surface area contributed by atoms with Gasteiger partial charge in [0.2, 0.25) is 0 Å². The molecule has 1 N–H and O–H groups in total. The molecule has 0 aliphatic carbocycles. The number of fused-ring (bicyclic) bond motifs is 1. The second kappa shape index (κ2) is 6.70. The van der Waals surface area contributed by atoms with Crippen molar-refractivity contribution < 1.29 is 14.6 Å². The van der Waals surface area contributed by atoms with Crippen LogP contribution < -0.4 is 4.74 Å². The van der Waals surface area contributed by atoms with Crippen LogP contribution in [-0.2, 0) is 4.74 Å². The molecule has 2 aromatic rings. The number of hydrogen-bond acceptors (Lipinski definition) is 4. The molecule has 0 spiro atoms. The molecular weight excluding hydrogens is 266 g/mol. The zero-order valence-corrected chi connectivity index (χ0v) is 11.4. The topological polar surface area (TPSA) is 51.6 Å². The van der Waals surface area contributed by atoms with Gasteiger partial charge < -0.3 is 14.6 Å². The zero-order valence-electron chi connectivity index (χ0n) is 10.7. The van der Waals surface area contributed by atoms with Gasteiger partial charge >= 0.3 is 0 Å². The van der Waals surface area contributed by atoms with Gasteiger partial charge in [-0.2, -0.15) is 0 Å². The van der Waals surface area contributed by atoms with E-state index in [-0.39, 0.29) is 13.2 Å². The lowest BCUT2D eigenvalue weighted by Crippen LogP contribution is -2.23. The average Bonchev–Trinajstić information content (AvgIpc) is 2.45. The quantitative estimate of drug-likeness (QED) is 0.884. The maximum absolute atomic E-state index is 9.67. The van der Waals surface area contributed by atoms with Crippen molar-refractivity contribution in [3.05, 3.63) is 35.5 Å². The first-order valence-corrected chi connectivity index (χ1v) is 6.52. The number of pyridine rings is 1. The number of ether oxygens (including phenoxy) is 2. The molecule has 0 unspecified atom stereocenters. The predicted molar refractivity (Wildman–Crippen MR) is 74.7 cm³/mol. The van der Waals surface area contributed by atoms with Crippen LogP contribution in [0.15, 0.2) is 30.5 Å². The molecular formula is C14H16ClNO3. The Labute approximate surface area is 116 Å². The lowest BCUT2D eigenvalue weighted by Gasteiger charge is -2.13. The van der Waals surface area contributed by atoms with Gasteiger partial charge in [-0.1, -0.05) is 11.6 Å². The van der Waals surface area contributed by atoms with E-state index in [9.17, 15) is 5.11 Å². The van der Waals surface area contributed by atoms with E-state index in [1.165, 1.54) is 0 Å². The van der Waals surface area contributed by atoms with Gasteiger partial charge in [0.1, 0.15) is 24.0 Å². The van der Waals surface area contributed by atoms with Gasteiger partial charge in [-0.15, -0.1) is 0 Å². The van der Waals surface area contributed by atoms with Crippen molar-refractivity contribution in [1.29, 1.82) is 0 Å².